The summed E-state index contributed by atoms with van der Waals surface area (Å²) in [5.74, 6) is 0.471. The maximum absolute atomic E-state index is 12.9. The minimum atomic E-state index is 0.0879. The third kappa shape index (κ3) is 5.68. The Morgan fingerprint density at radius 3 is 2.41 bits per heavy atom. The fourth-order valence-corrected chi connectivity index (χ4v) is 5.18. The number of fused-ring (bicyclic) bond motifs is 1. The van der Waals surface area contributed by atoms with E-state index in [1.54, 1.807) is 0 Å². The predicted molar refractivity (Wildman–Crippen MR) is 124 cm³/mol. The average molecular weight is 441 g/mol. The number of piperazine rings is 1. The molecule has 1 saturated carbocycles. The van der Waals surface area contributed by atoms with Gasteiger partial charge in [-0.25, -0.2) is 0 Å². The van der Waals surface area contributed by atoms with Crippen LogP contribution in [0.2, 0.25) is 0 Å². The van der Waals surface area contributed by atoms with Crippen molar-refractivity contribution in [2.75, 3.05) is 50.7 Å². The van der Waals surface area contributed by atoms with Crippen molar-refractivity contribution in [3.63, 3.8) is 0 Å². The van der Waals surface area contributed by atoms with Crippen LogP contribution in [-0.2, 0) is 20.8 Å². The summed E-state index contributed by atoms with van der Waals surface area (Å²) >= 11 is 0. The van der Waals surface area contributed by atoms with Gasteiger partial charge in [0, 0.05) is 57.3 Å². The van der Waals surface area contributed by atoms with Gasteiger partial charge in [0.25, 0.3) is 0 Å². The van der Waals surface area contributed by atoms with E-state index >= 15 is 0 Å². The van der Waals surface area contributed by atoms with Gasteiger partial charge < -0.3 is 15.1 Å². The standard InChI is InChI=1S/C25H36N4O3/c30-23(12-13-26-25(32)21-8-2-1-3-9-21)28-17-15-27(16-18-28)19-24(31)29-14-6-10-20-7-4-5-11-22(20)29/h4-5,7,11,21H,1-3,6,8-10,12-19H2,(H,26,32). The lowest BCUT2D eigenvalue weighted by atomic mass is 9.89. The van der Waals surface area contributed by atoms with E-state index in [9.17, 15) is 14.4 Å². The van der Waals surface area contributed by atoms with Gasteiger partial charge in [-0.1, -0.05) is 37.5 Å². The molecule has 32 heavy (non-hydrogen) atoms. The van der Waals surface area contributed by atoms with Crippen molar-refractivity contribution in [1.82, 2.24) is 15.1 Å². The molecule has 7 nitrogen and oxygen atoms in total. The minimum absolute atomic E-state index is 0.0879. The summed E-state index contributed by atoms with van der Waals surface area (Å²) in [7, 11) is 0. The molecule has 1 saturated heterocycles. The number of carbonyl (C=O) groups is 3. The molecule has 3 aliphatic rings. The van der Waals surface area contributed by atoms with E-state index in [2.05, 4.69) is 16.3 Å². The van der Waals surface area contributed by atoms with Crippen LogP contribution in [0.3, 0.4) is 0 Å². The van der Waals surface area contributed by atoms with Crippen LogP contribution in [0.15, 0.2) is 24.3 Å². The van der Waals surface area contributed by atoms with Crippen molar-refractivity contribution in [3.8, 4) is 0 Å². The molecule has 1 aliphatic carbocycles. The number of nitrogens with one attached hydrogen (secondary N) is 1. The normalized spacial score (nSPS) is 20.0. The first-order valence-electron chi connectivity index (χ1n) is 12.3. The van der Waals surface area contributed by atoms with E-state index in [4.69, 9.17) is 0 Å². The van der Waals surface area contributed by atoms with Crippen molar-refractivity contribution >= 4 is 23.4 Å². The molecule has 7 heteroatoms. The fraction of sp³-hybridized carbons (Fsp3) is 0.640. The zero-order valence-electron chi connectivity index (χ0n) is 19.1. The Labute approximate surface area is 191 Å². The van der Waals surface area contributed by atoms with Crippen LogP contribution in [-0.4, -0.2) is 73.3 Å². The SMILES string of the molecule is O=C(NCCC(=O)N1CCN(CC(=O)N2CCCc3ccccc32)CC1)C1CCCCC1. The molecule has 1 aromatic carbocycles. The summed E-state index contributed by atoms with van der Waals surface area (Å²) in [6, 6.07) is 8.17. The number of aryl methyl sites for hydroxylation is 1. The average Bonchev–Trinajstić information content (AvgIpc) is 2.84. The lowest BCUT2D eigenvalue weighted by Gasteiger charge is -2.36. The van der Waals surface area contributed by atoms with Gasteiger partial charge in [0.05, 0.1) is 6.54 Å². The highest BCUT2D eigenvalue weighted by molar-refractivity contribution is 5.96. The highest BCUT2D eigenvalue weighted by Gasteiger charge is 2.27. The monoisotopic (exact) mass is 440 g/mol. The zero-order chi connectivity index (χ0) is 22.3. The van der Waals surface area contributed by atoms with Crippen molar-refractivity contribution in [2.24, 2.45) is 5.92 Å². The quantitative estimate of drug-likeness (QED) is 0.736. The van der Waals surface area contributed by atoms with E-state index in [1.807, 2.05) is 28.0 Å². The fourth-order valence-electron chi connectivity index (χ4n) is 5.18. The van der Waals surface area contributed by atoms with Crippen LogP contribution in [0.4, 0.5) is 5.69 Å². The second kappa shape index (κ2) is 10.9. The number of rotatable bonds is 6. The van der Waals surface area contributed by atoms with Gasteiger partial charge in [-0.2, -0.15) is 0 Å². The van der Waals surface area contributed by atoms with Crippen molar-refractivity contribution in [2.45, 2.75) is 51.4 Å². The number of nitrogens with zero attached hydrogens (tertiary/aromatic N) is 3. The Kier molecular flexibility index (Phi) is 7.79. The molecule has 1 aromatic rings. The molecule has 1 N–H and O–H groups in total. The van der Waals surface area contributed by atoms with Gasteiger partial charge in [0.2, 0.25) is 17.7 Å². The maximum atomic E-state index is 12.9. The molecule has 2 fully saturated rings. The second-order valence-electron chi connectivity index (χ2n) is 9.31. The largest absolute Gasteiger partial charge is 0.355 e. The Balaban J connectivity index is 1.17. The van der Waals surface area contributed by atoms with Crippen LogP contribution in [0.1, 0.15) is 50.5 Å². The lowest BCUT2D eigenvalue weighted by Crippen LogP contribution is -2.52. The molecule has 0 radical (unpaired) electrons. The Morgan fingerprint density at radius 1 is 0.875 bits per heavy atom. The van der Waals surface area contributed by atoms with Gasteiger partial charge in [0.15, 0.2) is 0 Å². The van der Waals surface area contributed by atoms with Crippen LogP contribution in [0.5, 0.6) is 0 Å². The number of hydrogen-bond donors (Lipinski definition) is 1. The Hall–Kier alpha value is -2.41. The van der Waals surface area contributed by atoms with Crippen LogP contribution in [0, 0.1) is 5.92 Å². The third-order valence-corrected chi connectivity index (χ3v) is 7.11. The Morgan fingerprint density at radius 2 is 1.62 bits per heavy atom. The first kappa shape index (κ1) is 22.8. The molecular formula is C25H36N4O3. The summed E-state index contributed by atoms with van der Waals surface area (Å²) in [5, 5.41) is 2.95. The molecule has 0 atom stereocenters. The van der Waals surface area contributed by atoms with Gasteiger partial charge in [-0.3, -0.25) is 19.3 Å². The number of amides is 3. The zero-order valence-corrected chi connectivity index (χ0v) is 19.1. The smallest absolute Gasteiger partial charge is 0.241 e. The third-order valence-electron chi connectivity index (χ3n) is 7.11. The van der Waals surface area contributed by atoms with Gasteiger partial charge in [-0.15, -0.1) is 0 Å². The van der Waals surface area contributed by atoms with Gasteiger partial charge >= 0.3 is 0 Å². The van der Waals surface area contributed by atoms with Crippen molar-refractivity contribution in [1.29, 1.82) is 0 Å². The number of hydrogen-bond acceptors (Lipinski definition) is 4. The molecule has 0 unspecified atom stereocenters. The highest BCUT2D eigenvalue weighted by Crippen LogP contribution is 2.27. The molecule has 4 rings (SSSR count). The molecule has 3 amide bonds. The van der Waals surface area contributed by atoms with Gasteiger partial charge in [-0.05, 0) is 37.3 Å². The van der Waals surface area contributed by atoms with Crippen molar-refractivity contribution in [3.05, 3.63) is 29.8 Å². The van der Waals surface area contributed by atoms with Gasteiger partial charge in [0.1, 0.15) is 0 Å². The number of para-hydroxylation sites is 1. The summed E-state index contributed by atoms with van der Waals surface area (Å²) in [4.78, 5) is 43.7. The van der Waals surface area contributed by atoms with E-state index in [0.717, 1.165) is 50.8 Å². The van der Waals surface area contributed by atoms with Crippen LogP contribution in [0.25, 0.3) is 0 Å². The van der Waals surface area contributed by atoms with E-state index in [0.29, 0.717) is 45.7 Å². The number of carbonyl (C=O) groups excluding carboxylic acids is 3. The molecule has 2 heterocycles. The van der Waals surface area contributed by atoms with E-state index < -0.39 is 0 Å². The van der Waals surface area contributed by atoms with Crippen molar-refractivity contribution < 1.29 is 14.4 Å². The summed E-state index contributed by atoms with van der Waals surface area (Å²) in [6.45, 7) is 4.29. The molecule has 174 valence electrons. The molecule has 2 aliphatic heterocycles. The number of anilines is 1. The Bertz CT molecular complexity index is 813. The molecule has 0 bridgehead atoms. The first-order chi connectivity index (χ1) is 15.6. The maximum Gasteiger partial charge on any atom is 0.241 e. The number of benzene rings is 1. The van der Waals surface area contributed by atoms with E-state index in [-0.39, 0.29) is 23.6 Å². The summed E-state index contributed by atoms with van der Waals surface area (Å²) in [5.41, 5.74) is 2.30. The second-order valence-corrected chi connectivity index (χ2v) is 9.31. The summed E-state index contributed by atoms with van der Waals surface area (Å²) in [6.07, 6.45) is 7.83. The van der Waals surface area contributed by atoms with Crippen LogP contribution >= 0.6 is 0 Å². The topological polar surface area (TPSA) is 73.0 Å². The molecular weight excluding hydrogens is 404 g/mol. The first-order valence-corrected chi connectivity index (χ1v) is 12.3. The van der Waals surface area contributed by atoms with E-state index in [1.165, 1.54) is 12.0 Å². The predicted octanol–water partition coefficient (Wildman–Crippen LogP) is 2.20. The summed E-state index contributed by atoms with van der Waals surface area (Å²) < 4.78 is 0. The lowest BCUT2D eigenvalue weighted by molar-refractivity contribution is -0.133. The minimum Gasteiger partial charge on any atom is -0.355 e. The molecule has 0 spiro atoms. The molecule has 0 aromatic heterocycles. The van der Waals surface area contributed by atoms with Crippen LogP contribution < -0.4 is 10.2 Å². The highest BCUT2D eigenvalue weighted by atomic mass is 16.2.